The number of carbonyl (C=O) groups is 1. The van der Waals surface area contributed by atoms with Gasteiger partial charge in [0, 0.05) is 18.7 Å². The largest absolute Gasteiger partial charge is 0.361 e. The van der Waals surface area contributed by atoms with Crippen LogP contribution in [0.3, 0.4) is 0 Å². The number of rotatable bonds is 3. The van der Waals surface area contributed by atoms with E-state index in [2.05, 4.69) is 15.0 Å². The third-order valence-corrected chi connectivity index (χ3v) is 4.86. The molecular formula is C19H22N4O2. The molecule has 0 radical (unpaired) electrons. The minimum Gasteiger partial charge on any atom is -0.361 e. The van der Waals surface area contributed by atoms with Crippen molar-refractivity contribution in [3.8, 4) is 0 Å². The highest BCUT2D eigenvalue weighted by Crippen LogP contribution is 2.25. The second kappa shape index (κ2) is 6.35. The summed E-state index contributed by atoms with van der Waals surface area (Å²) in [7, 11) is 0. The molecule has 1 aliphatic rings. The number of amides is 1. The van der Waals surface area contributed by atoms with Gasteiger partial charge in [0.25, 0.3) is 5.91 Å². The fraction of sp³-hybridized carbons (Fsp3) is 0.421. The lowest BCUT2D eigenvalue weighted by molar-refractivity contribution is 0.102. The summed E-state index contributed by atoms with van der Waals surface area (Å²) < 4.78 is 7.47. The molecule has 3 aromatic rings. The Hall–Kier alpha value is -2.63. The molecule has 6 heteroatoms. The summed E-state index contributed by atoms with van der Waals surface area (Å²) in [4.78, 5) is 17.4. The number of aryl methyl sites for hydroxylation is 4. The molecule has 4 rings (SSSR count). The third kappa shape index (κ3) is 2.81. The zero-order valence-electron chi connectivity index (χ0n) is 14.6. The smallest absolute Gasteiger partial charge is 0.261 e. The van der Waals surface area contributed by atoms with Crippen molar-refractivity contribution in [1.29, 1.82) is 0 Å². The Morgan fingerprint density at radius 3 is 3.04 bits per heavy atom. The quantitative estimate of drug-likeness (QED) is 0.787. The Labute approximate surface area is 146 Å². The first-order chi connectivity index (χ1) is 12.2. The van der Waals surface area contributed by atoms with E-state index in [4.69, 9.17) is 9.51 Å². The molecule has 0 unspecified atom stereocenters. The Morgan fingerprint density at radius 1 is 1.32 bits per heavy atom. The summed E-state index contributed by atoms with van der Waals surface area (Å²) in [6, 6.07) is 5.94. The zero-order valence-corrected chi connectivity index (χ0v) is 14.6. The molecule has 0 atom stereocenters. The Kier molecular flexibility index (Phi) is 4.03. The number of benzene rings is 1. The summed E-state index contributed by atoms with van der Waals surface area (Å²) in [6.07, 6.45) is 5.34. The van der Waals surface area contributed by atoms with E-state index in [1.165, 1.54) is 19.3 Å². The molecule has 0 aliphatic carbocycles. The van der Waals surface area contributed by atoms with Crippen molar-refractivity contribution in [3.05, 3.63) is 41.0 Å². The zero-order chi connectivity index (χ0) is 17.4. The number of nitrogens with one attached hydrogen (secondary N) is 1. The van der Waals surface area contributed by atoms with E-state index in [0.29, 0.717) is 23.4 Å². The minimum atomic E-state index is -0.185. The van der Waals surface area contributed by atoms with Crippen LogP contribution >= 0.6 is 0 Å². The SMILES string of the molecule is CCc1noc(C)c1C(=O)Nc1ccc2c(c1)nc1n2CCCCC1. The molecule has 6 nitrogen and oxygen atoms in total. The summed E-state index contributed by atoms with van der Waals surface area (Å²) in [5.41, 5.74) is 4.04. The van der Waals surface area contributed by atoms with Crippen LogP contribution in [0.15, 0.2) is 22.7 Å². The number of nitrogens with zero attached hydrogens (tertiary/aromatic N) is 3. The van der Waals surface area contributed by atoms with Gasteiger partial charge < -0.3 is 14.4 Å². The number of hydrogen-bond acceptors (Lipinski definition) is 4. The van der Waals surface area contributed by atoms with E-state index in [-0.39, 0.29) is 5.91 Å². The predicted molar refractivity (Wildman–Crippen MR) is 95.9 cm³/mol. The molecule has 1 aliphatic heterocycles. The molecule has 0 fully saturated rings. The average molecular weight is 338 g/mol. The molecule has 25 heavy (non-hydrogen) atoms. The normalized spacial score (nSPS) is 14.3. The van der Waals surface area contributed by atoms with Crippen LogP contribution in [0.1, 0.15) is 53.8 Å². The second-order valence-electron chi connectivity index (χ2n) is 6.56. The molecule has 0 saturated carbocycles. The standard InChI is InChI=1S/C19H22N4O2/c1-3-14-18(12(2)25-22-14)19(24)20-13-8-9-16-15(11-13)21-17-7-5-4-6-10-23(16)17/h8-9,11H,3-7,10H2,1-2H3,(H,20,24). The third-order valence-electron chi connectivity index (χ3n) is 4.86. The monoisotopic (exact) mass is 338 g/mol. The van der Waals surface area contributed by atoms with Gasteiger partial charge in [0.15, 0.2) is 0 Å². The lowest BCUT2D eigenvalue weighted by atomic mass is 10.1. The van der Waals surface area contributed by atoms with Crippen molar-refractivity contribution in [2.24, 2.45) is 0 Å². The summed E-state index contributed by atoms with van der Waals surface area (Å²) in [6.45, 7) is 4.74. The van der Waals surface area contributed by atoms with Gasteiger partial charge in [-0.1, -0.05) is 18.5 Å². The molecular weight excluding hydrogens is 316 g/mol. The van der Waals surface area contributed by atoms with Crippen LogP contribution in [0.25, 0.3) is 11.0 Å². The van der Waals surface area contributed by atoms with Crippen molar-refractivity contribution in [3.63, 3.8) is 0 Å². The van der Waals surface area contributed by atoms with Crippen LogP contribution < -0.4 is 5.32 Å². The highest BCUT2D eigenvalue weighted by Gasteiger charge is 2.20. The second-order valence-corrected chi connectivity index (χ2v) is 6.56. The number of fused-ring (bicyclic) bond motifs is 3. The maximum Gasteiger partial charge on any atom is 0.261 e. The molecule has 0 saturated heterocycles. The van der Waals surface area contributed by atoms with Crippen molar-refractivity contribution in [1.82, 2.24) is 14.7 Å². The molecule has 130 valence electrons. The van der Waals surface area contributed by atoms with Gasteiger partial charge in [0.2, 0.25) is 0 Å². The van der Waals surface area contributed by atoms with Gasteiger partial charge in [-0.15, -0.1) is 0 Å². The van der Waals surface area contributed by atoms with Crippen molar-refractivity contribution in [2.45, 2.75) is 52.5 Å². The number of carbonyl (C=O) groups excluding carboxylic acids is 1. The highest BCUT2D eigenvalue weighted by atomic mass is 16.5. The van der Waals surface area contributed by atoms with E-state index in [1.54, 1.807) is 6.92 Å². The van der Waals surface area contributed by atoms with Gasteiger partial charge >= 0.3 is 0 Å². The van der Waals surface area contributed by atoms with E-state index in [0.717, 1.165) is 35.5 Å². The first-order valence-electron chi connectivity index (χ1n) is 8.93. The summed E-state index contributed by atoms with van der Waals surface area (Å²) in [5, 5.41) is 6.90. The molecule has 0 bridgehead atoms. The predicted octanol–water partition coefficient (Wildman–Crippen LogP) is 3.87. The van der Waals surface area contributed by atoms with E-state index < -0.39 is 0 Å². The topological polar surface area (TPSA) is 73.0 Å². The maximum absolute atomic E-state index is 12.6. The van der Waals surface area contributed by atoms with E-state index >= 15 is 0 Å². The first-order valence-corrected chi connectivity index (χ1v) is 8.93. The van der Waals surface area contributed by atoms with Crippen molar-refractivity contribution >= 4 is 22.6 Å². The fourth-order valence-electron chi connectivity index (χ4n) is 3.57. The number of hydrogen-bond donors (Lipinski definition) is 1. The Morgan fingerprint density at radius 2 is 2.20 bits per heavy atom. The van der Waals surface area contributed by atoms with Crippen LogP contribution in [-0.4, -0.2) is 20.6 Å². The van der Waals surface area contributed by atoms with E-state index in [9.17, 15) is 4.79 Å². The molecule has 2 aromatic heterocycles. The van der Waals surface area contributed by atoms with E-state index in [1.807, 2.05) is 25.1 Å². The molecule has 1 aromatic carbocycles. The van der Waals surface area contributed by atoms with Gasteiger partial charge in [0.1, 0.15) is 17.1 Å². The lowest BCUT2D eigenvalue weighted by Crippen LogP contribution is -2.14. The minimum absolute atomic E-state index is 0.185. The maximum atomic E-state index is 12.6. The van der Waals surface area contributed by atoms with Gasteiger partial charge in [-0.25, -0.2) is 4.98 Å². The van der Waals surface area contributed by atoms with Crippen molar-refractivity contribution in [2.75, 3.05) is 5.32 Å². The molecule has 1 amide bonds. The Balaban J connectivity index is 1.64. The lowest BCUT2D eigenvalue weighted by Gasteiger charge is -2.07. The van der Waals surface area contributed by atoms with Crippen LogP contribution in [0.5, 0.6) is 0 Å². The van der Waals surface area contributed by atoms with Crippen LogP contribution in [0.2, 0.25) is 0 Å². The van der Waals surface area contributed by atoms with Gasteiger partial charge in [0.05, 0.1) is 16.7 Å². The van der Waals surface area contributed by atoms with Crippen molar-refractivity contribution < 1.29 is 9.32 Å². The fourth-order valence-corrected chi connectivity index (χ4v) is 3.57. The molecule has 3 heterocycles. The van der Waals surface area contributed by atoms with Crippen LogP contribution in [-0.2, 0) is 19.4 Å². The van der Waals surface area contributed by atoms with Gasteiger partial charge in [-0.2, -0.15) is 0 Å². The highest BCUT2D eigenvalue weighted by molar-refractivity contribution is 6.06. The summed E-state index contributed by atoms with van der Waals surface area (Å²) in [5.74, 6) is 1.51. The Bertz CT molecular complexity index is 938. The van der Waals surface area contributed by atoms with Gasteiger partial charge in [-0.05, 0) is 44.4 Å². The number of aromatic nitrogens is 3. The van der Waals surface area contributed by atoms with Gasteiger partial charge in [-0.3, -0.25) is 4.79 Å². The van der Waals surface area contributed by atoms with Crippen LogP contribution in [0, 0.1) is 6.92 Å². The average Bonchev–Trinajstić information content (AvgIpc) is 3.06. The number of anilines is 1. The first kappa shape index (κ1) is 15.9. The summed E-state index contributed by atoms with van der Waals surface area (Å²) >= 11 is 0. The molecule has 0 spiro atoms. The molecule has 1 N–H and O–H groups in total. The number of imidazole rings is 1. The van der Waals surface area contributed by atoms with Crippen LogP contribution in [0.4, 0.5) is 5.69 Å².